The molecule has 0 saturated carbocycles. The average Bonchev–Trinajstić information content (AvgIpc) is 3.15. The minimum absolute atomic E-state index is 0.0126. The third-order valence-electron chi connectivity index (χ3n) is 8.61. The lowest BCUT2D eigenvalue weighted by atomic mass is 9.91. The zero-order valence-electron chi connectivity index (χ0n) is 27.8. The molecule has 5 unspecified atom stereocenters. The monoisotopic (exact) mass is 684 g/mol. The molecule has 5 rings (SSSR count). The average molecular weight is 685 g/mol. The highest BCUT2D eigenvalue weighted by atomic mass is 32.2. The molecule has 0 radical (unpaired) electrons. The van der Waals surface area contributed by atoms with Crippen LogP contribution in [0.4, 0.5) is 4.79 Å². The van der Waals surface area contributed by atoms with E-state index in [0.29, 0.717) is 12.2 Å². The van der Waals surface area contributed by atoms with E-state index in [1.165, 1.54) is 7.11 Å². The zero-order chi connectivity index (χ0) is 34.6. The van der Waals surface area contributed by atoms with Crippen LogP contribution in [0.5, 0.6) is 0 Å². The van der Waals surface area contributed by atoms with E-state index in [0.717, 1.165) is 44.7 Å². The van der Waals surface area contributed by atoms with Gasteiger partial charge in [0.2, 0.25) is 0 Å². The number of carbonyl (C=O) groups excluding carboxylic acids is 2. The van der Waals surface area contributed by atoms with Gasteiger partial charge >= 0.3 is 12.0 Å². The summed E-state index contributed by atoms with van der Waals surface area (Å²) in [6, 6.07) is 32.0. The molecule has 1 fully saturated rings. The summed E-state index contributed by atoms with van der Waals surface area (Å²) in [5, 5.41) is 24.4. The van der Waals surface area contributed by atoms with Gasteiger partial charge in [0.05, 0.1) is 32.5 Å². The zero-order valence-corrected chi connectivity index (χ0v) is 28.6. The van der Waals surface area contributed by atoms with Gasteiger partial charge in [-0.2, -0.15) is 11.8 Å². The summed E-state index contributed by atoms with van der Waals surface area (Å²) in [6.07, 6.45) is -0.532. The molecular weight excluding hydrogens is 641 g/mol. The molecule has 4 N–H and O–H groups in total. The van der Waals surface area contributed by atoms with E-state index >= 15 is 0 Å². The second kappa shape index (κ2) is 18.0. The van der Waals surface area contributed by atoms with Crippen LogP contribution in [-0.4, -0.2) is 59.6 Å². The van der Waals surface area contributed by atoms with Gasteiger partial charge in [-0.1, -0.05) is 104 Å². The number of methoxy groups -OCH3 is 1. The van der Waals surface area contributed by atoms with Crippen molar-refractivity contribution in [1.29, 1.82) is 0 Å². The Balaban J connectivity index is 1.24. The highest BCUT2D eigenvalue weighted by Gasteiger charge is 2.38. The summed E-state index contributed by atoms with van der Waals surface area (Å²) in [6.45, 7) is 2.51. The first-order valence-corrected chi connectivity index (χ1v) is 17.6. The summed E-state index contributed by atoms with van der Waals surface area (Å²) >= 11 is 1.66. The van der Waals surface area contributed by atoms with Crippen LogP contribution >= 0.6 is 11.8 Å². The number of aliphatic hydroxyl groups excluding tert-OH is 2. The lowest BCUT2D eigenvalue weighted by Gasteiger charge is -2.41. The fraction of sp³-hybridized carbons (Fsp3) is 0.333. The maximum atomic E-state index is 12.8. The van der Waals surface area contributed by atoms with Gasteiger partial charge in [-0.3, -0.25) is 0 Å². The topological polar surface area (TPSA) is 126 Å². The Morgan fingerprint density at radius 1 is 0.837 bits per heavy atom. The van der Waals surface area contributed by atoms with E-state index in [1.54, 1.807) is 11.8 Å². The van der Waals surface area contributed by atoms with Gasteiger partial charge in [0.1, 0.15) is 6.04 Å². The van der Waals surface area contributed by atoms with Gasteiger partial charge in [-0.05, 0) is 39.4 Å². The third-order valence-corrected chi connectivity index (χ3v) is 9.65. The highest BCUT2D eigenvalue weighted by molar-refractivity contribution is 7.99. The number of urea groups is 1. The van der Waals surface area contributed by atoms with Gasteiger partial charge in [-0.15, -0.1) is 0 Å². The van der Waals surface area contributed by atoms with Crippen molar-refractivity contribution >= 4 is 23.8 Å². The molecule has 1 aliphatic heterocycles. The number of hydrogen-bond acceptors (Lipinski definition) is 8. The maximum Gasteiger partial charge on any atom is 0.328 e. The van der Waals surface area contributed by atoms with E-state index in [1.807, 2.05) is 103 Å². The smallest absolute Gasteiger partial charge is 0.328 e. The number of rotatable bonds is 14. The highest BCUT2D eigenvalue weighted by Crippen LogP contribution is 2.42. The second-order valence-electron chi connectivity index (χ2n) is 12.0. The molecule has 1 saturated heterocycles. The lowest BCUT2D eigenvalue weighted by molar-refractivity contribution is -0.268. The van der Waals surface area contributed by atoms with Crippen LogP contribution < -0.4 is 10.6 Å². The fourth-order valence-electron chi connectivity index (χ4n) is 5.84. The number of benzene rings is 4. The first kappa shape index (κ1) is 36.1. The number of carbonyl (C=O) groups is 2. The van der Waals surface area contributed by atoms with Crippen molar-refractivity contribution in [3.63, 3.8) is 0 Å². The predicted molar refractivity (Wildman–Crippen MR) is 191 cm³/mol. The Morgan fingerprint density at radius 3 is 2.24 bits per heavy atom. The van der Waals surface area contributed by atoms with E-state index < -0.39 is 24.3 Å². The van der Waals surface area contributed by atoms with Crippen LogP contribution in [0.15, 0.2) is 103 Å². The summed E-state index contributed by atoms with van der Waals surface area (Å²) in [7, 11) is 1.31. The first-order valence-electron chi connectivity index (χ1n) is 16.4. The van der Waals surface area contributed by atoms with Crippen molar-refractivity contribution in [2.24, 2.45) is 5.92 Å². The maximum absolute atomic E-state index is 12.8. The summed E-state index contributed by atoms with van der Waals surface area (Å²) in [4.78, 5) is 25.1. The number of esters is 1. The van der Waals surface area contributed by atoms with E-state index in [4.69, 9.17) is 14.2 Å². The molecule has 0 aromatic heterocycles. The van der Waals surface area contributed by atoms with Gasteiger partial charge in [0, 0.05) is 36.0 Å². The number of aliphatic hydroxyl groups is 2. The summed E-state index contributed by atoms with van der Waals surface area (Å²) in [5.41, 5.74) is 6.58. The normalized spacial score (nSPS) is 19.5. The van der Waals surface area contributed by atoms with Gasteiger partial charge in [0.25, 0.3) is 0 Å². The largest absolute Gasteiger partial charge is 0.467 e. The van der Waals surface area contributed by atoms with E-state index in [2.05, 4.69) is 17.6 Å². The third kappa shape index (κ3) is 9.93. The SMILES string of the molecule is COC(=O)C(Cc1ccccc1)NC(=O)NCc1cccc(-c2ccc(C3OC(CSCCO)C(C)C(c4ccc(CO)cc4)O3)cc2)c1. The van der Waals surface area contributed by atoms with Crippen molar-refractivity contribution in [2.75, 3.05) is 25.2 Å². The lowest BCUT2D eigenvalue weighted by Crippen LogP contribution is -2.47. The molecular formula is C39H44N2O7S. The van der Waals surface area contributed by atoms with Crippen LogP contribution in [0.25, 0.3) is 11.1 Å². The van der Waals surface area contributed by atoms with Crippen LogP contribution in [-0.2, 0) is 38.6 Å². The van der Waals surface area contributed by atoms with Gasteiger partial charge < -0.3 is 35.1 Å². The molecule has 4 aromatic rings. The molecule has 0 spiro atoms. The standard InChI is InChI=1S/C39H44N2O7S/c1-26-35(25-49-20-19-42)47-38(48-36(26)31-13-11-28(24-43)12-14-31)32-17-15-30(16-18-32)33-10-6-9-29(21-33)23-40-39(45)41-34(37(44)46-2)22-27-7-4-3-5-8-27/h3-18,21,26,34-36,38,42-43H,19-20,22-25H2,1-2H3,(H2,40,41,45). The number of amides is 2. The molecule has 10 heteroatoms. The number of hydrogen-bond donors (Lipinski definition) is 4. The Bertz CT molecular complexity index is 1640. The number of ether oxygens (including phenoxy) is 3. The second-order valence-corrected chi connectivity index (χ2v) is 13.2. The molecule has 49 heavy (non-hydrogen) atoms. The van der Waals surface area contributed by atoms with Crippen molar-refractivity contribution < 1.29 is 34.0 Å². The van der Waals surface area contributed by atoms with Gasteiger partial charge in [0.15, 0.2) is 6.29 Å². The first-order chi connectivity index (χ1) is 23.9. The van der Waals surface area contributed by atoms with Crippen molar-refractivity contribution in [3.8, 4) is 11.1 Å². The van der Waals surface area contributed by atoms with E-state index in [-0.39, 0.29) is 37.9 Å². The van der Waals surface area contributed by atoms with Crippen molar-refractivity contribution in [1.82, 2.24) is 10.6 Å². The van der Waals surface area contributed by atoms with Crippen molar-refractivity contribution in [3.05, 3.63) is 131 Å². The minimum atomic E-state index is -0.811. The molecule has 258 valence electrons. The summed E-state index contributed by atoms with van der Waals surface area (Å²) < 4.78 is 18.0. The molecule has 1 heterocycles. The van der Waals surface area contributed by atoms with Crippen LogP contribution in [0.1, 0.15) is 47.1 Å². The summed E-state index contributed by atoms with van der Waals surface area (Å²) in [5.74, 6) is 0.950. The van der Waals surface area contributed by atoms with E-state index in [9.17, 15) is 19.8 Å². The molecule has 1 aliphatic rings. The number of thioether (sulfide) groups is 1. The minimum Gasteiger partial charge on any atom is -0.467 e. The molecule has 2 amide bonds. The molecule has 0 bridgehead atoms. The molecule has 0 aliphatic carbocycles. The molecule has 4 aromatic carbocycles. The van der Waals surface area contributed by atoms with Crippen LogP contribution in [0.2, 0.25) is 0 Å². The molecule has 5 atom stereocenters. The Morgan fingerprint density at radius 2 is 1.55 bits per heavy atom. The quantitative estimate of drug-likeness (QED) is 0.0950. The number of nitrogens with one attached hydrogen (secondary N) is 2. The van der Waals surface area contributed by atoms with Crippen molar-refractivity contribution in [2.45, 2.75) is 51.0 Å². The predicted octanol–water partition coefficient (Wildman–Crippen LogP) is 5.95. The fourth-order valence-corrected chi connectivity index (χ4v) is 6.75. The van der Waals surface area contributed by atoms with Crippen LogP contribution in [0, 0.1) is 5.92 Å². The molecule has 9 nitrogen and oxygen atoms in total. The Hall–Kier alpha value is -4.19. The van der Waals surface area contributed by atoms with Gasteiger partial charge in [-0.25, -0.2) is 9.59 Å². The van der Waals surface area contributed by atoms with Crippen LogP contribution in [0.3, 0.4) is 0 Å². The Kier molecular flexibility index (Phi) is 13.3. The Labute approximate surface area is 292 Å².